The van der Waals surface area contributed by atoms with Crippen molar-refractivity contribution in [1.29, 1.82) is 0 Å². The second-order valence-corrected chi connectivity index (χ2v) is 7.27. The highest BCUT2D eigenvalue weighted by Crippen LogP contribution is 2.22. The highest BCUT2D eigenvalue weighted by Gasteiger charge is 2.34. The molecule has 0 fully saturated rings. The molecule has 7 nitrogen and oxygen atoms in total. The number of unbranched alkanes of at least 4 members (excludes halogenated alkanes) is 2. The normalized spacial score (nSPS) is 12.8. The van der Waals surface area contributed by atoms with E-state index in [2.05, 4.69) is 27.5 Å². The molecule has 0 unspecified atom stereocenters. The summed E-state index contributed by atoms with van der Waals surface area (Å²) in [7, 11) is 0. The number of amides is 2. The number of aryl methyl sites for hydroxylation is 1. The molecule has 0 atom stereocenters. The number of aromatic nitrogens is 2. The molecule has 2 N–H and O–H groups in total. The Hall–Kier alpha value is -2.87. The van der Waals surface area contributed by atoms with Gasteiger partial charge in [0.25, 0.3) is 11.8 Å². The number of hydrogen-bond acceptors (Lipinski definition) is 5. The minimum atomic E-state index is -0.194. The molecule has 2 heterocycles. The Morgan fingerprint density at radius 2 is 1.79 bits per heavy atom. The quantitative estimate of drug-likeness (QED) is 0.372. The van der Waals surface area contributed by atoms with Gasteiger partial charge in [0.1, 0.15) is 11.6 Å². The van der Waals surface area contributed by atoms with Crippen molar-refractivity contribution in [3.05, 3.63) is 53.5 Å². The second-order valence-electron chi connectivity index (χ2n) is 6.86. The summed E-state index contributed by atoms with van der Waals surface area (Å²) in [6.07, 6.45) is 5.96. The van der Waals surface area contributed by atoms with E-state index in [0.29, 0.717) is 28.6 Å². The van der Waals surface area contributed by atoms with E-state index in [-0.39, 0.29) is 11.8 Å². The van der Waals surface area contributed by atoms with Crippen molar-refractivity contribution in [2.45, 2.75) is 39.0 Å². The van der Waals surface area contributed by atoms with Crippen molar-refractivity contribution in [1.82, 2.24) is 20.2 Å². The lowest BCUT2D eigenvalue weighted by molar-refractivity contribution is 0.0651. The van der Waals surface area contributed by atoms with Crippen LogP contribution in [0, 0.1) is 0 Å². The van der Waals surface area contributed by atoms with Crippen LogP contribution < -0.4 is 10.6 Å². The fourth-order valence-corrected chi connectivity index (χ4v) is 3.37. The summed E-state index contributed by atoms with van der Waals surface area (Å²) < 4.78 is 0. The minimum absolute atomic E-state index is 0.194. The third-order valence-electron chi connectivity index (χ3n) is 4.64. The summed E-state index contributed by atoms with van der Waals surface area (Å²) in [6, 6.07) is 8.76. The molecule has 0 saturated heterocycles. The Morgan fingerprint density at radius 3 is 2.48 bits per heavy atom. The van der Waals surface area contributed by atoms with Crippen LogP contribution in [-0.2, 0) is 6.42 Å². The summed E-state index contributed by atoms with van der Waals surface area (Å²) in [4.78, 5) is 34.8. The van der Waals surface area contributed by atoms with Crippen LogP contribution >= 0.6 is 12.2 Å². The summed E-state index contributed by atoms with van der Waals surface area (Å²) in [5.74, 6) is 1.03. The molecule has 1 aliphatic rings. The molecule has 8 heteroatoms. The maximum atomic E-state index is 12.3. The number of nitrogens with one attached hydrogen (secondary N) is 2. The zero-order valence-corrected chi connectivity index (χ0v) is 17.3. The van der Waals surface area contributed by atoms with Gasteiger partial charge in [-0.2, -0.15) is 0 Å². The first kappa shape index (κ1) is 20.9. The Balaban J connectivity index is 1.41. The van der Waals surface area contributed by atoms with Crippen molar-refractivity contribution in [3.8, 4) is 0 Å². The van der Waals surface area contributed by atoms with Gasteiger partial charge in [-0.3, -0.25) is 14.5 Å². The molecule has 0 bridgehead atoms. The molecule has 29 heavy (non-hydrogen) atoms. The number of benzene rings is 1. The van der Waals surface area contributed by atoms with E-state index in [1.807, 2.05) is 0 Å². The Bertz CT molecular complexity index is 867. The van der Waals surface area contributed by atoms with Crippen LogP contribution in [0.2, 0.25) is 0 Å². The van der Waals surface area contributed by atoms with Crippen LogP contribution in [0.3, 0.4) is 0 Å². The summed E-state index contributed by atoms with van der Waals surface area (Å²) in [5, 5.41) is 6.72. The number of imide groups is 1. The molecule has 0 radical (unpaired) electrons. The van der Waals surface area contributed by atoms with Gasteiger partial charge in [0.05, 0.1) is 11.1 Å². The monoisotopic (exact) mass is 411 g/mol. The first-order valence-electron chi connectivity index (χ1n) is 9.92. The number of nitrogens with zero attached hydrogens (tertiary/aromatic N) is 3. The zero-order valence-electron chi connectivity index (χ0n) is 16.5. The highest BCUT2D eigenvalue weighted by molar-refractivity contribution is 7.80. The van der Waals surface area contributed by atoms with Gasteiger partial charge in [-0.1, -0.05) is 25.5 Å². The molecule has 152 valence electrons. The average Bonchev–Trinajstić information content (AvgIpc) is 2.97. The van der Waals surface area contributed by atoms with Crippen molar-refractivity contribution < 1.29 is 9.59 Å². The molecule has 0 aliphatic carbocycles. The summed E-state index contributed by atoms with van der Waals surface area (Å²) in [5.41, 5.74) is 1.00. The van der Waals surface area contributed by atoms with E-state index in [9.17, 15) is 9.59 Å². The number of rotatable bonds is 9. The van der Waals surface area contributed by atoms with Gasteiger partial charge < -0.3 is 10.6 Å². The maximum absolute atomic E-state index is 12.3. The smallest absolute Gasteiger partial charge is 0.261 e. The molecule has 2 amide bonds. The van der Waals surface area contributed by atoms with Crippen LogP contribution in [0.4, 0.5) is 5.82 Å². The molecular weight excluding hydrogens is 386 g/mol. The lowest BCUT2D eigenvalue weighted by atomic mass is 10.1. The van der Waals surface area contributed by atoms with Crippen molar-refractivity contribution >= 4 is 35.0 Å². The molecule has 0 saturated carbocycles. The molecule has 1 aromatic heterocycles. The average molecular weight is 412 g/mol. The third-order valence-corrected chi connectivity index (χ3v) is 4.89. The highest BCUT2D eigenvalue weighted by atomic mass is 32.1. The number of anilines is 1. The second kappa shape index (κ2) is 10.1. The van der Waals surface area contributed by atoms with Gasteiger partial charge in [-0.25, -0.2) is 9.97 Å². The van der Waals surface area contributed by atoms with E-state index < -0.39 is 0 Å². The Labute approximate surface area is 175 Å². The van der Waals surface area contributed by atoms with Crippen molar-refractivity contribution in [2.24, 2.45) is 0 Å². The fraction of sp³-hybridized carbons (Fsp3) is 0.381. The number of carbonyl (C=O) groups excluding carboxylic acids is 2. The summed E-state index contributed by atoms with van der Waals surface area (Å²) in [6.45, 7) is 3.33. The maximum Gasteiger partial charge on any atom is 0.261 e. The van der Waals surface area contributed by atoms with E-state index in [0.717, 1.165) is 44.5 Å². The zero-order chi connectivity index (χ0) is 20.6. The number of fused-ring (bicyclic) bond motifs is 1. The largest absolute Gasteiger partial charge is 0.362 e. The molecular formula is C21H25N5O2S. The van der Waals surface area contributed by atoms with E-state index in [4.69, 9.17) is 12.2 Å². The van der Waals surface area contributed by atoms with Crippen LogP contribution in [0.5, 0.6) is 0 Å². The molecule has 1 aromatic carbocycles. The van der Waals surface area contributed by atoms with Gasteiger partial charge in [0.2, 0.25) is 0 Å². The van der Waals surface area contributed by atoms with Crippen LogP contribution in [-0.4, -0.2) is 44.9 Å². The standard InChI is InChI=1S/C21H25N5O2S/c1-2-12-23-21(29)25-18-11-13-22-17(24-18)10-4-3-7-14-26-19(27)15-8-5-6-9-16(15)20(26)28/h5-6,8-9,11,13H,2-4,7,10,12,14H2,1H3,(H2,22,23,24,25,29). The summed E-state index contributed by atoms with van der Waals surface area (Å²) >= 11 is 5.22. The van der Waals surface area contributed by atoms with Crippen LogP contribution in [0.15, 0.2) is 36.5 Å². The lowest BCUT2D eigenvalue weighted by Crippen LogP contribution is -2.30. The molecule has 3 rings (SSSR count). The van der Waals surface area contributed by atoms with Gasteiger partial charge >= 0.3 is 0 Å². The Morgan fingerprint density at radius 1 is 1.07 bits per heavy atom. The Kier molecular flexibility index (Phi) is 7.24. The van der Waals surface area contributed by atoms with E-state index in [1.54, 1.807) is 36.5 Å². The van der Waals surface area contributed by atoms with Crippen molar-refractivity contribution in [2.75, 3.05) is 18.4 Å². The number of hydrogen-bond donors (Lipinski definition) is 2. The van der Waals surface area contributed by atoms with Gasteiger partial charge in [-0.05, 0) is 49.7 Å². The molecule has 0 spiro atoms. The third kappa shape index (κ3) is 5.35. The minimum Gasteiger partial charge on any atom is -0.362 e. The topological polar surface area (TPSA) is 87.2 Å². The predicted molar refractivity (Wildman–Crippen MR) is 116 cm³/mol. The molecule has 2 aromatic rings. The molecule has 1 aliphatic heterocycles. The number of carbonyl (C=O) groups is 2. The van der Waals surface area contributed by atoms with E-state index in [1.165, 1.54) is 4.90 Å². The van der Waals surface area contributed by atoms with Gasteiger partial charge in [0.15, 0.2) is 5.11 Å². The van der Waals surface area contributed by atoms with Crippen LogP contribution in [0.25, 0.3) is 0 Å². The van der Waals surface area contributed by atoms with Gasteiger partial charge in [-0.15, -0.1) is 0 Å². The fourth-order valence-electron chi connectivity index (χ4n) is 3.16. The predicted octanol–water partition coefficient (Wildman–Crippen LogP) is 3.18. The van der Waals surface area contributed by atoms with Crippen molar-refractivity contribution in [3.63, 3.8) is 0 Å². The van der Waals surface area contributed by atoms with Gasteiger partial charge in [0, 0.05) is 25.7 Å². The van der Waals surface area contributed by atoms with E-state index >= 15 is 0 Å². The lowest BCUT2D eigenvalue weighted by Gasteiger charge is -2.13. The SMILES string of the molecule is CCCNC(=S)Nc1ccnc(CCCCCN2C(=O)c3ccccc3C2=O)n1. The first-order chi connectivity index (χ1) is 14.1. The van der Waals surface area contributed by atoms with Crippen LogP contribution in [0.1, 0.15) is 59.1 Å². The first-order valence-corrected chi connectivity index (χ1v) is 10.3. The number of thiocarbonyl (C=S) groups is 1.